The lowest BCUT2D eigenvalue weighted by Crippen LogP contribution is -2.35. The number of hydrogen-bond donors (Lipinski definition) is 3. The molecule has 1 aromatic rings. The number of thioether (sulfide) groups is 1. The lowest BCUT2D eigenvalue weighted by Gasteiger charge is -2.27. The quantitative estimate of drug-likeness (QED) is 0.492. The van der Waals surface area contributed by atoms with E-state index in [9.17, 15) is 19.2 Å². The van der Waals surface area contributed by atoms with E-state index in [1.54, 1.807) is 24.3 Å². The normalized spacial score (nSPS) is 18.8. The molecule has 34 heavy (non-hydrogen) atoms. The summed E-state index contributed by atoms with van der Waals surface area (Å²) >= 11 is 1.36. The van der Waals surface area contributed by atoms with Gasteiger partial charge in [-0.25, -0.2) is 0 Å². The second-order valence-corrected chi connectivity index (χ2v) is 9.77. The van der Waals surface area contributed by atoms with Gasteiger partial charge in [0, 0.05) is 49.8 Å². The van der Waals surface area contributed by atoms with Crippen molar-refractivity contribution >= 4 is 46.2 Å². The van der Waals surface area contributed by atoms with E-state index in [1.807, 2.05) is 13.8 Å². The molecule has 4 amide bonds. The number of carbonyl (C=O) groups excluding carboxylic acids is 4. The molecule has 10 heteroatoms. The van der Waals surface area contributed by atoms with Crippen molar-refractivity contribution < 1.29 is 19.2 Å². The smallest absolute Gasteiger partial charge is 0.262 e. The summed E-state index contributed by atoms with van der Waals surface area (Å²) in [5.74, 6) is -1.01. The number of nitrogens with one attached hydrogen (secondary N) is 3. The van der Waals surface area contributed by atoms with Crippen molar-refractivity contribution in [3.63, 3.8) is 0 Å². The van der Waals surface area contributed by atoms with Crippen LogP contribution in [0.15, 0.2) is 29.3 Å². The summed E-state index contributed by atoms with van der Waals surface area (Å²) in [4.78, 5) is 55.4. The SMILES string of the molecule is CCC(C)NC(=O)CCNC(=O)c1cccc(NC(=O)CC2SC(N3CCCCC3)=NC2=O)c1. The maximum absolute atomic E-state index is 12.6. The average molecular weight is 488 g/mol. The molecule has 0 aliphatic carbocycles. The molecule has 184 valence electrons. The zero-order chi connectivity index (χ0) is 24.5. The first kappa shape index (κ1) is 25.7. The molecule has 2 heterocycles. The maximum Gasteiger partial charge on any atom is 0.262 e. The second-order valence-electron chi connectivity index (χ2n) is 8.60. The Hall–Kier alpha value is -2.88. The van der Waals surface area contributed by atoms with Crippen LogP contribution in [0.4, 0.5) is 5.69 Å². The lowest BCUT2D eigenvalue weighted by atomic mass is 10.1. The number of benzene rings is 1. The van der Waals surface area contributed by atoms with Gasteiger partial charge in [0.1, 0.15) is 5.25 Å². The van der Waals surface area contributed by atoms with E-state index < -0.39 is 5.25 Å². The van der Waals surface area contributed by atoms with Crippen LogP contribution in [-0.2, 0) is 14.4 Å². The first-order chi connectivity index (χ1) is 16.4. The number of piperidine rings is 1. The third-order valence-electron chi connectivity index (χ3n) is 5.79. The number of anilines is 1. The van der Waals surface area contributed by atoms with Gasteiger partial charge in [-0.1, -0.05) is 24.8 Å². The first-order valence-electron chi connectivity index (χ1n) is 11.9. The Balaban J connectivity index is 1.45. The van der Waals surface area contributed by atoms with Gasteiger partial charge in [0.15, 0.2) is 5.17 Å². The predicted octanol–water partition coefficient (Wildman–Crippen LogP) is 2.53. The minimum absolute atomic E-state index is 0.0199. The van der Waals surface area contributed by atoms with Gasteiger partial charge < -0.3 is 20.9 Å². The highest BCUT2D eigenvalue weighted by atomic mass is 32.2. The first-order valence-corrected chi connectivity index (χ1v) is 12.7. The Morgan fingerprint density at radius 1 is 1.18 bits per heavy atom. The number of amides is 4. The van der Waals surface area contributed by atoms with Crippen molar-refractivity contribution in [1.82, 2.24) is 15.5 Å². The second kappa shape index (κ2) is 12.5. The number of rotatable bonds is 9. The third kappa shape index (κ3) is 7.58. The minimum atomic E-state index is -0.523. The Kier molecular flexibility index (Phi) is 9.50. The Bertz CT molecular complexity index is 945. The molecule has 3 N–H and O–H groups in total. The molecular weight excluding hydrogens is 454 g/mol. The van der Waals surface area contributed by atoms with Gasteiger partial charge in [-0.3, -0.25) is 19.2 Å². The summed E-state index contributed by atoms with van der Waals surface area (Å²) in [5, 5.41) is 8.54. The van der Waals surface area contributed by atoms with Crippen molar-refractivity contribution in [3.8, 4) is 0 Å². The van der Waals surface area contributed by atoms with E-state index in [-0.39, 0.29) is 49.1 Å². The van der Waals surface area contributed by atoms with Crippen LogP contribution in [0, 0.1) is 0 Å². The zero-order valence-corrected chi connectivity index (χ0v) is 20.6. The third-order valence-corrected chi connectivity index (χ3v) is 7.01. The van der Waals surface area contributed by atoms with Gasteiger partial charge in [0.05, 0.1) is 0 Å². The highest BCUT2D eigenvalue weighted by Crippen LogP contribution is 2.29. The van der Waals surface area contributed by atoms with Crippen LogP contribution in [-0.4, -0.2) is 64.6 Å². The van der Waals surface area contributed by atoms with Crippen LogP contribution in [0.25, 0.3) is 0 Å². The maximum atomic E-state index is 12.6. The van der Waals surface area contributed by atoms with Crippen LogP contribution < -0.4 is 16.0 Å². The van der Waals surface area contributed by atoms with E-state index >= 15 is 0 Å². The van der Waals surface area contributed by atoms with Crippen molar-refractivity contribution in [1.29, 1.82) is 0 Å². The summed E-state index contributed by atoms with van der Waals surface area (Å²) in [6.45, 7) is 5.94. The van der Waals surface area contributed by atoms with Crippen LogP contribution >= 0.6 is 11.8 Å². The molecule has 0 bridgehead atoms. The number of aliphatic imine (C=N–C) groups is 1. The molecular formula is C24H33N5O4S. The molecule has 3 rings (SSSR count). The molecule has 0 aromatic heterocycles. The molecule has 2 aliphatic rings. The molecule has 1 fully saturated rings. The highest BCUT2D eigenvalue weighted by molar-refractivity contribution is 8.15. The standard InChI is InChI=1S/C24H33N5O4S/c1-3-16(2)26-20(30)10-11-25-22(32)17-8-7-9-18(14-17)27-21(31)15-19-23(33)28-24(34-19)29-12-5-4-6-13-29/h7-9,14,16,19H,3-6,10-13,15H2,1-2H3,(H,25,32)(H,26,30)(H,27,31). The van der Waals surface area contributed by atoms with Gasteiger partial charge in [0.2, 0.25) is 11.8 Å². The number of likely N-dealkylation sites (tertiary alicyclic amines) is 1. The summed E-state index contributed by atoms with van der Waals surface area (Å²) in [6, 6.07) is 6.68. The molecule has 2 unspecified atom stereocenters. The Morgan fingerprint density at radius 2 is 1.94 bits per heavy atom. The number of hydrogen-bond acceptors (Lipinski definition) is 6. The van der Waals surface area contributed by atoms with Gasteiger partial charge >= 0.3 is 0 Å². The molecule has 0 saturated carbocycles. The minimum Gasteiger partial charge on any atom is -0.354 e. The van der Waals surface area contributed by atoms with E-state index in [4.69, 9.17) is 0 Å². The van der Waals surface area contributed by atoms with Crippen LogP contribution in [0.3, 0.4) is 0 Å². The topological polar surface area (TPSA) is 120 Å². The zero-order valence-electron chi connectivity index (χ0n) is 19.8. The monoisotopic (exact) mass is 487 g/mol. The lowest BCUT2D eigenvalue weighted by molar-refractivity contribution is -0.121. The molecule has 0 radical (unpaired) electrons. The Labute approximate surface area is 204 Å². The number of nitrogens with zero attached hydrogens (tertiary/aromatic N) is 2. The average Bonchev–Trinajstić information content (AvgIpc) is 3.19. The molecule has 1 aromatic carbocycles. The molecule has 1 saturated heterocycles. The molecule has 2 aliphatic heterocycles. The summed E-state index contributed by atoms with van der Waals surface area (Å²) in [7, 11) is 0. The van der Waals surface area contributed by atoms with E-state index in [0.29, 0.717) is 11.3 Å². The number of amidine groups is 1. The van der Waals surface area contributed by atoms with E-state index in [2.05, 4.69) is 25.8 Å². The van der Waals surface area contributed by atoms with Gasteiger partial charge in [-0.15, -0.1) is 0 Å². The van der Waals surface area contributed by atoms with Gasteiger partial charge in [0.25, 0.3) is 11.8 Å². The molecule has 9 nitrogen and oxygen atoms in total. The van der Waals surface area contributed by atoms with Crippen LogP contribution in [0.2, 0.25) is 0 Å². The molecule has 0 spiro atoms. The predicted molar refractivity (Wildman–Crippen MR) is 134 cm³/mol. The number of carbonyl (C=O) groups is 4. The van der Waals surface area contributed by atoms with Gasteiger partial charge in [-0.05, 0) is 50.8 Å². The Morgan fingerprint density at radius 3 is 2.68 bits per heavy atom. The van der Waals surface area contributed by atoms with Crippen molar-refractivity contribution in [2.75, 3.05) is 25.0 Å². The molecule has 2 atom stereocenters. The largest absolute Gasteiger partial charge is 0.354 e. The van der Waals surface area contributed by atoms with E-state index in [1.165, 1.54) is 18.2 Å². The summed E-state index contributed by atoms with van der Waals surface area (Å²) < 4.78 is 0. The van der Waals surface area contributed by atoms with Crippen LogP contribution in [0.5, 0.6) is 0 Å². The highest BCUT2D eigenvalue weighted by Gasteiger charge is 2.33. The fourth-order valence-electron chi connectivity index (χ4n) is 3.69. The fourth-order valence-corrected chi connectivity index (χ4v) is 4.81. The fraction of sp³-hybridized carbons (Fsp3) is 0.542. The van der Waals surface area contributed by atoms with E-state index in [0.717, 1.165) is 37.5 Å². The van der Waals surface area contributed by atoms with Crippen molar-refractivity contribution in [2.45, 2.75) is 63.7 Å². The van der Waals surface area contributed by atoms with Crippen molar-refractivity contribution in [2.24, 2.45) is 4.99 Å². The summed E-state index contributed by atoms with van der Waals surface area (Å²) in [6.07, 6.45) is 4.44. The van der Waals surface area contributed by atoms with Crippen LogP contribution in [0.1, 0.15) is 62.7 Å². The van der Waals surface area contributed by atoms with Crippen molar-refractivity contribution in [3.05, 3.63) is 29.8 Å². The van der Waals surface area contributed by atoms with Gasteiger partial charge in [-0.2, -0.15) is 4.99 Å². The summed E-state index contributed by atoms with van der Waals surface area (Å²) in [5.41, 5.74) is 0.849.